The molecule has 0 aliphatic heterocycles. The van der Waals surface area contributed by atoms with Crippen LogP contribution in [0.5, 0.6) is 0 Å². The van der Waals surface area contributed by atoms with Crippen molar-refractivity contribution in [2.24, 2.45) is 17.6 Å². The zero-order chi connectivity index (χ0) is 9.42. The number of carbonyl (C=O) groups is 1. The fourth-order valence-electron chi connectivity index (χ4n) is 1.85. The number of primary amides is 1. The summed E-state index contributed by atoms with van der Waals surface area (Å²) in [4.78, 5) is 18.9. The predicted molar refractivity (Wildman–Crippen MR) is 46.6 cm³/mol. The molecule has 0 radical (unpaired) electrons. The summed E-state index contributed by atoms with van der Waals surface area (Å²) in [6.45, 7) is 2.02. The predicted octanol–water partition coefficient (Wildman–Crippen LogP) is 0.311. The van der Waals surface area contributed by atoms with E-state index in [4.69, 9.17) is 5.73 Å². The van der Waals surface area contributed by atoms with Crippen LogP contribution in [0.1, 0.15) is 18.5 Å². The number of hydrogen-bond donors (Lipinski definition) is 1. The first-order valence-electron chi connectivity index (χ1n) is 4.27. The zero-order valence-electron chi connectivity index (χ0n) is 7.34. The fraction of sp³-hybridized carbons (Fsp3) is 0.444. The second-order valence-corrected chi connectivity index (χ2v) is 3.45. The number of carbonyl (C=O) groups excluding carboxylic acids is 1. The van der Waals surface area contributed by atoms with Gasteiger partial charge in [0.2, 0.25) is 5.91 Å². The van der Waals surface area contributed by atoms with Crippen LogP contribution in [0, 0.1) is 11.8 Å². The van der Waals surface area contributed by atoms with Gasteiger partial charge in [0.05, 0.1) is 0 Å². The van der Waals surface area contributed by atoms with E-state index in [1.807, 2.05) is 13.0 Å². The van der Waals surface area contributed by atoms with Crippen molar-refractivity contribution in [1.82, 2.24) is 9.97 Å². The molecule has 1 aliphatic carbocycles. The molecule has 68 valence electrons. The smallest absolute Gasteiger partial charge is 0.221 e. The molecule has 4 heteroatoms. The average molecular weight is 177 g/mol. The van der Waals surface area contributed by atoms with Crippen LogP contribution in [0.2, 0.25) is 0 Å². The minimum absolute atomic E-state index is 0.0325. The second kappa shape index (κ2) is 2.80. The molecular weight excluding hydrogens is 166 g/mol. The van der Waals surface area contributed by atoms with Crippen LogP contribution in [0.25, 0.3) is 0 Å². The first kappa shape index (κ1) is 8.16. The summed E-state index contributed by atoms with van der Waals surface area (Å²) in [6, 6.07) is 1.84. The van der Waals surface area contributed by atoms with Crippen LogP contribution >= 0.6 is 0 Å². The van der Waals surface area contributed by atoms with E-state index in [0.717, 1.165) is 5.69 Å². The Labute approximate surface area is 76.2 Å². The Morgan fingerprint density at radius 1 is 1.62 bits per heavy atom. The molecule has 3 atom stereocenters. The van der Waals surface area contributed by atoms with Crippen LogP contribution in [-0.2, 0) is 4.79 Å². The van der Waals surface area contributed by atoms with Gasteiger partial charge in [-0.3, -0.25) is 4.79 Å². The van der Waals surface area contributed by atoms with Crippen molar-refractivity contribution in [3.63, 3.8) is 0 Å². The molecule has 1 heterocycles. The Bertz CT molecular complexity index is 325. The van der Waals surface area contributed by atoms with Crippen LogP contribution < -0.4 is 5.73 Å². The number of amides is 1. The van der Waals surface area contributed by atoms with Crippen LogP contribution in [0.15, 0.2) is 18.6 Å². The van der Waals surface area contributed by atoms with Crippen LogP contribution in [-0.4, -0.2) is 15.9 Å². The van der Waals surface area contributed by atoms with E-state index < -0.39 is 0 Å². The maximum absolute atomic E-state index is 10.9. The molecule has 4 nitrogen and oxygen atoms in total. The van der Waals surface area contributed by atoms with Gasteiger partial charge in [-0.05, 0) is 12.0 Å². The molecule has 2 N–H and O–H groups in total. The Morgan fingerprint density at radius 2 is 2.38 bits per heavy atom. The molecule has 1 amide bonds. The molecule has 13 heavy (non-hydrogen) atoms. The molecule has 1 aromatic rings. The Hall–Kier alpha value is -1.45. The van der Waals surface area contributed by atoms with Crippen molar-refractivity contribution in [3.05, 3.63) is 24.3 Å². The molecule has 1 aliphatic rings. The van der Waals surface area contributed by atoms with E-state index in [-0.39, 0.29) is 17.7 Å². The summed E-state index contributed by atoms with van der Waals surface area (Å²) in [5.74, 6) is 0.277. The van der Waals surface area contributed by atoms with Crippen LogP contribution in [0.3, 0.4) is 0 Å². The van der Waals surface area contributed by atoms with Gasteiger partial charge in [-0.2, -0.15) is 0 Å². The molecule has 1 fully saturated rings. The fourth-order valence-corrected chi connectivity index (χ4v) is 1.85. The highest BCUT2D eigenvalue weighted by atomic mass is 16.1. The van der Waals surface area contributed by atoms with Gasteiger partial charge in [0.25, 0.3) is 0 Å². The van der Waals surface area contributed by atoms with Crippen molar-refractivity contribution in [1.29, 1.82) is 0 Å². The van der Waals surface area contributed by atoms with E-state index in [0.29, 0.717) is 5.92 Å². The largest absolute Gasteiger partial charge is 0.369 e. The van der Waals surface area contributed by atoms with E-state index in [9.17, 15) is 4.79 Å². The third kappa shape index (κ3) is 1.28. The number of aromatic nitrogens is 2. The van der Waals surface area contributed by atoms with Gasteiger partial charge < -0.3 is 5.73 Å². The quantitative estimate of drug-likeness (QED) is 0.706. The lowest BCUT2D eigenvalue weighted by molar-refractivity contribution is -0.119. The van der Waals surface area contributed by atoms with E-state index in [1.54, 1.807) is 6.20 Å². The Morgan fingerprint density at radius 3 is 2.85 bits per heavy atom. The van der Waals surface area contributed by atoms with Crippen molar-refractivity contribution in [3.8, 4) is 0 Å². The minimum atomic E-state index is -0.226. The monoisotopic (exact) mass is 177 g/mol. The number of nitrogens with zero attached hydrogens (tertiary/aromatic N) is 2. The first-order valence-corrected chi connectivity index (χ1v) is 4.27. The highest BCUT2D eigenvalue weighted by Gasteiger charge is 2.52. The molecule has 1 saturated carbocycles. The number of hydrogen-bond acceptors (Lipinski definition) is 3. The minimum Gasteiger partial charge on any atom is -0.369 e. The molecule has 2 rings (SSSR count). The van der Waals surface area contributed by atoms with E-state index in [2.05, 4.69) is 9.97 Å². The van der Waals surface area contributed by atoms with Gasteiger partial charge in [0.1, 0.15) is 6.33 Å². The number of rotatable bonds is 2. The van der Waals surface area contributed by atoms with Gasteiger partial charge in [0, 0.05) is 23.7 Å². The Kier molecular flexibility index (Phi) is 1.76. The number of nitrogens with two attached hydrogens (primary N) is 1. The summed E-state index contributed by atoms with van der Waals surface area (Å²) >= 11 is 0. The highest BCUT2D eigenvalue weighted by Crippen LogP contribution is 2.52. The molecule has 0 saturated heterocycles. The van der Waals surface area contributed by atoms with Crippen molar-refractivity contribution < 1.29 is 4.79 Å². The highest BCUT2D eigenvalue weighted by molar-refractivity contribution is 5.81. The SMILES string of the molecule is CC1C(C(N)=O)C1c1ccncn1. The van der Waals surface area contributed by atoms with Crippen LogP contribution in [0.4, 0.5) is 0 Å². The third-order valence-corrected chi connectivity index (χ3v) is 2.65. The second-order valence-electron chi connectivity index (χ2n) is 3.45. The summed E-state index contributed by atoms with van der Waals surface area (Å²) in [7, 11) is 0. The van der Waals surface area contributed by atoms with Gasteiger partial charge >= 0.3 is 0 Å². The van der Waals surface area contributed by atoms with Gasteiger partial charge in [-0.25, -0.2) is 9.97 Å². The molecule has 3 unspecified atom stereocenters. The standard InChI is InChI=1S/C9H11N3O/c1-5-7(8(5)9(10)13)6-2-3-11-4-12-6/h2-5,7-8H,1H3,(H2,10,13). The lowest BCUT2D eigenvalue weighted by Gasteiger charge is -1.94. The molecular formula is C9H11N3O. The van der Waals surface area contributed by atoms with Gasteiger partial charge in [-0.15, -0.1) is 0 Å². The maximum atomic E-state index is 10.9. The topological polar surface area (TPSA) is 68.9 Å². The maximum Gasteiger partial charge on any atom is 0.221 e. The summed E-state index contributed by atoms with van der Waals surface area (Å²) < 4.78 is 0. The lowest BCUT2D eigenvalue weighted by Crippen LogP contribution is -2.14. The van der Waals surface area contributed by atoms with Crippen molar-refractivity contribution >= 4 is 5.91 Å². The molecule has 0 bridgehead atoms. The van der Waals surface area contributed by atoms with Crippen molar-refractivity contribution in [2.45, 2.75) is 12.8 Å². The molecule has 0 spiro atoms. The van der Waals surface area contributed by atoms with E-state index >= 15 is 0 Å². The van der Waals surface area contributed by atoms with Gasteiger partial charge in [0.15, 0.2) is 0 Å². The normalized spacial score (nSPS) is 31.3. The molecule has 1 aromatic heterocycles. The summed E-state index contributed by atoms with van der Waals surface area (Å²) in [5.41, 5.74) is 6.16. The summed E-state index contributed by atoms with van der Waals surface area (Å²) in [6.07, 6.45) is 3.18. The van der Waals surface area contributed by atoms with E-state index in [1.165, 1.54) is 6.33 Å². The molecule has 0 aromatic carbocycles. The zero-order valence-corrected chi connectivity index (χ0v) is 7.34. The third-order valence-electron chi connectivity index (χ3n) is 2.65. The van der Waals surface area contributed by atoms with Gasteiger partial charge in [-0.1, -0.05) is 6.92 Å². The first-order chi connectivity index (χ1) is 6.22. The average Bonchev–Trinajstić information content (AvgIpc) is 2.79. The Balaban J connectivity index is 2.18. The summed E-state index contributed by atoms with van der Waals surface area (Å²) in [5, 5.41) is 0. The lowest BCUT2D eigenvalue weighted by atomic mass is 10.2. The van der Waals surface area contributed by atoms with Crippen molar-refractivity contribution in [2.75, 3.05) is 0 Å².